The maximum atomic E-state index is 13.3. The summed E-state index contributed by atoms with van der Waals surface area (Å²) in [4.78, 5) is 22.3. The number of nitrogens with zero attached hydrogens (tertiary/aromatic N) is 6. The summed E-state index contributed by atoms with van der Waals surface area (Å²) in [5.41, 5.74) is 3.90. The topological polar surface area (TPSA) is 85.6 Å². The number of thioether (sulfide) groups is 1. The van der Waals surface area contributed by atoms with Crippen LogP contribution < -0.4 is 9.47 Å². The third kappa shape index (κ3) is 6.29. The Morgan fingerprint density at radius 3 is 2.44 bits per heavy atom. The zero-order valence-corrected chi connectivity index (χ0v) is 25.1. The molecule has 1 amide bonds. The molecule has 0 bridgehead atoms. The van der Waals surface area contributed by atoms with Crippen LogP contribution in [0.5, 0.6) is 11.5 Å². The van der Waals surface area contributed by atoms with Crippen LogP contribution in [0, 0.1) is 0 Å². The van der Waals surface area contributed by atoms with Crippen LogP contribution in [0.4, 0.5) is 0 Å². The molecule has 9 nitrogen and oxygen atoms in total. The van der Waals surface area contributed by atoms with E-state index in [-0.39, 0.29) is 12.7 Å². The molecule has 43 heavy (non-hydrogen) atoms. The number of ether oxygens (including phenoxy) is 2. The van der Waals surface area contributed by atoms with Crippen LogP contribution in [0.3, 0.4) is 0 Å². The number of para-hydroxylation sites is 1. The van der Waals surface area contributed by atoms with Crippen LogP contribution in [-0.2, 0) is 18.7 Å². The van der Waals surface area contributed by atoms with Crippen LogP contribution in [0.15, 0.2) is 89.4 Å². The molecular formula is C32H30N6O3S2. The van der Waals surface area contributed by atoms with E-state index in [4.69, 9.17) is 14.5 Å². The van der Waals surface area contributed by atoms with Gasteiger partial charge in [0.25, 0.3) is 5.91 Å². The van der Waals surface area contributed by atoms with Crippen LogP contribution in [0.25, 0.3) is 5.69 Å². The summed E-state index contributed by atoms with van der Waals surface area (Å²) in [6.45, 7) is 4.07. The fraction of sp³-hybridized carbons (Fsp3) is 0.250. The molecule has 5 aromatic rings. The number of piperazine rings is 1. The van der Waals surface area contributed by atoms with Gasteiger partial charge in [0.1, 0.15) is 16.5 Å². The van der Waals surface area contributed by atoms with Crippen molar-refractivity contribution in [1.29, 1.82) is 0 Å². The molecule has 0 atom stereocenters. The first-order valence-electron chi connectivity index (χ1n) is 14.2. The van der Waals surface area contributed by atoms with E-state index in [0.717, 1.165) is 52.8 Å². The van der Waals surface area contributed by atoms with Crippen molar-refractivity contribution in [2.45, 2.75) is 23.9 Å². The molecule has 0 saturated carbocycles. The van der Waals surface area contributed by atoms with Crippen molar-refractivity contribution in [3.05, 3.63) is 112 Å². The number of fused-ring (bicyclic) bond motifs is 1. The van der Waals surface area contributed by atoms with Gasteiger partial charge < -0.3 is 14.4 Å². The van der Waals surface area contributed by atoms with Crippen molar-refractivity contribution in [3.63, 3.8) is 0 Å². The third-order valence-corrected chi connectivity index (χ3v) is 9.49. The maximum Gasteiger partial charge on any atom is 0.273 e. The SMILES string of the molecule is O=C(c1csc(CSc2nnc(Cc3ccccc3)n2-c2ccccc2)n1)N1CCN(Cc2ccc3c(c2)OCO3)CC1. The van der Waals surface area contributed by atoms with Gasteiger partial charge in [0.15, 0.2) is 16.7 Å². The minimum absolute atomic E-state index is 0.00664. The van der Waals surface area contributed by atoms with Crippen molar-refractivity contribution in [1.82, 2.24) is 29.5 Å². The normalized spacial score (nSPS) is 14.7. The minimum atomic E-state index is -0.00664. The van der Waals surface area contributed by atoms with Gasteiger partial charge in [0.2, 0.25) is 6.79 Å². The van der Waals surface area contributed by atoms with Gasteiger partial charge in [0, 0.05) is 50.2 Å². The number of benzene rings is 3. The maximum absolute atomic E-state index is 13.3. The third-order valence-electron chi connectivity index (χ3n) is 7.52. The van der Waals surface area contributed by atoms with Crippen molar-refractivity contribution in [3.8, 4) is 17.2 Å². The molecule has 11 heteroatoms. The van der Waals surface area contributed by atoms with Gasteiger partial charge in [-0.3, -0.25) is 14.3 Å². The molecule has 3 aromatic carbocycles. The smallest absolute Gasteiger partial charge is 0.273 e. The molecule has 1 fully saturated rings. The highest BCUT2D eigenvalue weighted by Crippen LogP contribution is 2.33. The summed E-state index contributed by atoms with van der Waals surface area (Å²) in [6, 6.07) is 26.6. The average molecular weight is 611 g/mol. The lowest BCUT2D eigenvalue weighted by Crippen LogP contribution is -2.48. The van der Waals surface area contributed by atoms with Gasteiger partial charge in [-0.1, -0.05) is 66.4 Å². The Morgan fingerprint density at radius 2 is 1.63 bits per heavy atom. The summed E-state index contributed by atoms with van der Waals surface area (Å²) in [7, 11) is 0. The van der Waals surface area contributed by atoms with Gasteiger partial charge in [-0.15, -0.1) is 21.5 Å². The molecule has 0 spiro atoms. The van der Waals surface area contributed by atoms with Gasteiger partial charge in [-0.2, -0.15) is 0 Å². The Morgan fingerprint density at radius 1 is 0.860 bits per heavy atom. The van der Waals surface area contributed by atoms with E-state index < -0.39 is 0 Å². The van der Waals surface area contributed by atoms with Crippen LogP contribution in [0.1, 0.15) is 32.4 Å². The molecule has 2 aliphatic rings. The van der Waals surface area contributed by atoms with Crippen LogP contribution in [0.2, 0.25) is 0 Å². The quantitative estimate of drug-likeness (QED) is 0.208. The lowest BCUT2D eigenvalue weighted by Gasteiger charge is -2.34. The molecule has 7 rings (SSSR count). The first-order chi connectivity index (χ1) is 21.2. The van der Waals surface area contributed by atoms with Gasteiger partial charge >= 0.3 is 0 Å². The predicted molar refractivity (Wildman–Crippen MR) is 166 cm³/mol. The zero-order valence-electron chi connectivity index (χ0n) is 23.5. The lowest BCUT2D eigenvalue weighted by molar-refractivity contribution is 0.0623. The van der Waals surface area contributed by atoms with E-state index >= 15 is 0 Å². The first kappa shape index (κ1) is 27.6. The van der Waals surface area contributed by atoms with Crippen molar-refractivity contribution in [2.24, 2.45) is 0 Å². The summed E-state index contributed by atoms with van der Waals surface area (Å²) >= 11 is 3.10. The van der Waals surface area contributed by atoms with E-state index in [2.05, 4.69) is 50.0 Å². The summed E-state index contributed by atoms with van der Waals surface area (Å²) in [5, 5.41) is 12.6. The molecule has 4 heterocycles. The standard InChI is InChI=1S/C32H30N6O3S2/c39-31(37-15-13-36(14-16-37)19-24-11-12-27-28(17-24)41-22-40-27)26-20-42-30(33-26)21-43-32-35-34-29(18-23-7-3-1-4-8-23)38(32)25-9-5-2-6-10-25/h1-12,17,20H,13-16,18-19,21-22H2. The molecule has 0 N–H and O–H groups in total. The molecule has 2 aromatic heterocycles. The number of amides is 1. The number of aromatic nitrogens is 4. The van der Waals surface area contributed by atoms with E-state index in [1.807, 2.05) is 58.8 Å². The van der Waals surface area contributed by atoms with Crippen LogP contribution in [-0.4, -0.2) is 68.4 Å². The average Bonchev–Trinajstić information content (AvgIpc) is 3.81. The Hall–Kier alpha value is -4.19. The highest BCUT2D eigenvalue weighted by atomic mass is 32.2. The van der Waals surface area contributed by atoms with E-state index in [9.17, 15) is 4.79 Å². The van der Waals surface area contributed by atoms with Crippen LogP contribution >= 0.6 is 23.1 Å². The fourth-order valence-corrected chi connectivity index (χ4v) is 7.05. The summed E-state index contributed by atoms with van der Waals surface area (Å²) in [5.74, 6) is 3.08. The largest absolute Gasteiger partial charge is 0.454 e. The zero-order chi connectivity index (χ0) is 29.0. The molecule has 0 aliphatic carbocycles. The number of hydrogen-bond acceptors (Lipinski definition) is 9. The summed E-state index contributed by atoms with van der Waals surface area (Å²) < 4.78 is 13.0. The number of rotatable bonds is 9. The molecule has 0 unspecified atom stereocenters. The van der Waals surface area contributed by atoms with Crippen molar-refractivity contribution in [2.75, 3.05) is 33.0 Å². The molecule has 2 aliphatic heterocycles. The second kappa shape index (κ2) is 12.6. The number of thiazole rings is 1. The second-order valence-corrected chi connectivity index (χ2v) is 12.3. The lowest BCUT2D eigenvalue weighted by atomic mass is 10.1. The highest BCUT2D eigenvalue weighted by molar-refractivity contribution is 7.98. The van der Waals surface area contributed by atoms with Gasteiger partial charge in [0.05, 0.1) is 5.75 Å². The summed E-state index contributed by atoms with van der Waals surface area (Å²) in [6.07, 6.45) is 0.684. The highest BCUT2D eigenvalue weighted by Gasteiger charge is 2.25. The molecule has 1 saturated heterocycles. The van der Waals surface area contributed by atoms with Gasteiger partial charge in [-0.05, 0) is 35.4 Å². The molecule has 218 valence electrons. The number of hydrogen-bond donors (Lipinski definition) is 0. The number of carbonyl (C=O) groups is 1. The molecule has 0 radical (unpaired) electrons. The van der Waals surface area contributed by atoms with E-state index in [1.165, 1.54) is 22.5 Å². The van der Waals surface area contributed by atoms with Gasteiger partial charge in [-0.25, -0.2) is 4.98 Å². The molecular weight excluding hydrogens is 581 g/mol. The Bertz CT molecular complexity index is 1700. The van der Waals surface area contributed by atoms with E-state index in [0.29, 0.717) is 31.0 Å². The van der Waals surface area contributed by atoms with Crippen molar-refractivity contribution >= 4 is 29.0 Å². The van der Waals surface area contributed by atoms with E-state index in [1.54, 1.807) is 11.8 Å². The predicted octanol–water partition coefficient (Wildman–Crippen LogP) is 5.29. The Kier molecular flexibility index (Phi) is 8.09. The van der Waals surface area contributed by atoms with Crippen molar-refractivity contribution < 1.29 is 14.3 Å². The fourth-order valence-electron chi connectivity index (χ4n) is 5.29. The minimum Gasteiger partial charge on any atom is -0.454 e. The Balaban J connectivity index is 0.968. The monoisotopic (exact) mass is 610 g/mol. The number of carbonyl (C=O) groups excluding carboxylic acids is 1. The second-order valence-electron chi connectivity index (χ2n) is 10.4. The Labute approximate surface area is 258 Å². The first-order valence-corrected chi connectivity index (χ1v) is 16.1.